The topological polar surface area (TPSA) is 63.4 Å². The third-order valence-electron chi connectivity index (χ3n) is 3.70. The SMILES string of the molecule is CC(c1ccc(F)cc1)N(C)C(=O)c1ccn2nnnc2c1. The van der Waals surface area contributed by atoms with E-state index in [9.17, 15) is 9.18 Å². The molecular weight excluding hydrogens is 285 g/mol. The number of carbonyl (C=O) groups excluding carboxylic acids is 1. The summed E-state index contributed by atoms with van der Waals surface area (Å²) < 4.78 is 14.5. The Labute approximate surface area is 126 Å². The first kappa shape index (κ1) is 14.1. The molecule has 0 radical (unpaired) electrons. The molecule has 0 spiro atoms. The molecule has 0 aliphatic carbocycles. The number of pyridine rings is 1. The molecule has 1 aromatic carbocycles. The predicted octanol–water partition coefficient (Wildman–Crippen LogP) is 2.10. The van der Waals surface area contributed by atoms with Crippen molar-refractivity contribution < 1.29 is 9.18 Å². The summed E-state index contributed by atoms with van der Waals surface area (Å²) in [6.45, 7) is 1.89. The fourth-order valence-electron chi connectivity index (χ4n) is 2.22. The maximum Gasteiger partial charge on any atom is 0.254 e. The fourth-order valence-corrected chi connectivity index (χ4v) is 2.22. The Kier molecular flexibility index (Phi) is 3.54. The minimum absolute atomic E-state index is 0.151. The van der Waals surface area contributed by atoms with Crippen molar-refractivity contribution in [2.45, 2.75) is 13.0 Å². The zero-order chi connectivity index (χ0) is 15.7. The minimum atomic E-state index is -0.297. The smallest absolute Gasteiger partial charge is 0.254 e. The van der Waals surface area contributed by atoms with Crippen molar-refractivity contribution >= 4 is 11.6 Å². The summed E-state index contributed by atoms with van der Waals surface area (Å²) in [5.74, 6) is -0.447. The van der Waals surface area contributed by atoms with Gasteiger partial charge in [-0.2, -0.15) is 0 Å². The molecule has 7 heteroatoms. The molecule has 0 aliphatic heterocycles. The highest BCUT2D eigenvalue weighted by atomic mass is 19.1. The van der Waals surface area contributed by atoms with E-state index in [0.717, 1.165) is 5.56 Å². The summed E-state index contributed by atoms with van der Waals surface area (Å²) >= 11 is 0. The number of amides is 1. The highest BCUT2D eigenvalue weighted by Crippen LogP contribution is 2.21. The quantitative estimate of drug-likeness (QED) is 0.743. The molecule has 0 bridgehead atoms. The summed E-state index contributed by atoms with van der Waals surface area (Å²) in [6.07, 6.45) is 1.64. The van der Waals surface area contributed by atoms with Crippen LogP contribution in [0.5, 0.6) is 0 Å². The molecule has 2 aromatic heterocycles. The van der Waals surface area contributed by atoms with Gasteiger partial charge >= 0.3 is 0 Å². The molecule has 2 heterocycles. The number of nitrogens with zero attached hydrogens (tertiary/aromatic N) is 5. The van der Waals surface area contributed by atoms with Crippen LogP contribution in [0.25, 0.3) is 5.65 Å². The third-order valence-corrected chi connectivity index (χ3v) is 3.70. The van der Waals surface area contributed by atoms with Gasteiger partial charge in [-0.15, -0.1) is 5.10 Å². The fraction of sp³-hybridized carbons (Fsp3) is 0.200. The Morgan fingerprint density at radius 3 is 2.73 bits per heavy atom. The monoisotopic (exact) mass is 299 g/mol. The number of rotatable bonds is 3. The van der Waals surface area contributed by atoms with Gasteiger partial charge < -0.3 is 4.90 Å². The summed E-state index contributed by atoms with van der Waals surface area (Å²) in [6, 6.07) is 9.25. The Morgan fingerprint density at radius 2 is 2.00 bits per heavy atom. The van der Waals surface area contributed by atoms with Crippen molar-refractivity contribution in [3.63, 3.8) is 0 Å². The largest absolute Gasteiger partial charge is 0.335 e. The van der Waals surface area contributed by atoms with Crippen LogP contribution in [0.1, 0.15) is 28.9 Å². The predicted molar refractivity (Wildman–Crippen MR) is 77.7 cm³/mol. The summed E-state index contributed by atoms with van der Waals surface area (Å²) in [5.41, 5.74) is 1.87. The van der Waals surface area contributed by atoms with Crippen LogP contribution in [-0.4, -0.2) is 37.9 Å². The van der Waals surface area contributed by atoms with Gasteiger partial charge in [0.1, 0.15) is 5.82 Å². The Hall–Kier alpha value is -2.83. The van der Waals surface area contributed by atoms with Gasteiger partial charge in [0.25, 0.3) is 5.91 Å². The van der Waals surface area contributed by atoms with Crippen LogP contribution >= 0.6 is 0 Å². The van der Waals surface area contributed by atoms with Gasteiger partial charge in [-0.25, -0.2) is 8.91 Å². The van der Waals surface area contributed by atoms with Crippen molar-refractivity contribution in [2.24, 2.45) is 0 Å². The van der Waals surface area contributed by atoms with Gasteiger partial charge in [0.15, 0.2) is 5.65 Å². The zero-order valence-corrected chi connectivity index (χ0v) is 12.1. The number of hydrogen-bond acceptors (Lipinski definition) is 4. The lowest BCUT2D eigenvalue weighted by molar-refractivity contribution is 0.0742. The molecule has 22 heavy (non-hydrogen) atoms. The van der Waals surface area contributed by atoms with E-state index < -0.39 is 0 Å². The molecule has 6 nitrogen and oxygen atoms in total. The van der Waals surface area contributed by atoms with Crippen LogP contribution in [0.3, 0.4) is 0 Å². The number of carbonyl (C=O) groups is 1. The van der Waals surface area contributed by atoms with Gasteiger partial charge in [0.05, 0.1) is 6.04 Å². The molecule has 1 unspecified atom stereocenters. The van der Waals surface area contributed by atoms with E-state index in [0.29, 0.717) is 11.2 Å². The number of fused-ring (bicyclic) bond motifs is 1. The van der Waals surface area contributed by atoms with Crippen LogP contribution in [-0.2, 0) is 0 Å². The third kappa shape index (κ3) is 2.52. The van der Waals surface area contributed by atoms with Gasteiger partial charge in [-0.05, 0) is 47.2 Å². The number of tetrazole rings is 1. The van der Waals surface area contributed by atoms with Crippen LogP contribution < -0.4 is 0 Å². The van der Waals surface area contributed by atoms with Crippen LogP contribution in [0.4, 0.5) is 4.39 Å². The van der Waals surface area contributed by atoms with Crippen molar-refractivity contribution in [3.05, 3.63) is 59.5 Å². The van der Waals surface area contributed by atoms with Crippen molar-refractivity contribution in [1.29, 1.82) is 0 Å². The van der Waals surface area contributed by atoms with Crippen LogP contribution in [0, 0.1) is 5.82 Å². The highest BCUT2D eigenvalue weighted by Gasteiger charge is 2.19. The highest BCUT2D eigenvalue weighted by molar-refractivity contribution is 5.95. The molecule has 1 atom stereocenters. The van der Waals surface area contributed by atoms with E-state index in [1.54, 1.807) is 42.4 Å². The summed E-state index contributed by atoms with van der Waals surface area (Å²) in [7, 11) is 1.71. The lowest BCUT2D eigenvalue weighted by atomic mass is 10.1. The second-order valence-corrected chi connectivity index (χ2v) is 5.04. The second kappa shape index (κ2) is 5.51. The second-order valence-electron chi connectivity index (χ2n) is 5.04. The molecule has 0 saturated carbocycles. The number of benzene rings is 1. The summed E-state index contributed by atoms with van der Waals surface area (Å²) in [5, 5.41) is 11.1. The lowest BCUT2D eigenvalue weighted by Crippen LogP contribution is -2.29. The Morgan fingerprint density at radius 1 is 1.27 bits per heavy atom. The van der Waals surface area contributed by atoms with E-state index in [-0.39, 0.29) is 17.8 Å². The zero-order valence-electron chi connectivity index (χ0n) is 12.1. The first-order valence-electron chi connectivity index (χ1n) is 6.76. The molecule has 3 rings (SSSR count). The van der Waals surface area contributed by atoms with E-state index in [1.807, 2.05) is 6.92 Å². The molecule has 0 N–H and O–H groups in total. The molecular formula is C15H14FN5O. The van der Waals surface area contributed by atoms with Crippen molar-refractivity contribution in [1.82, 2.24) is 24.9 Å². The molecule has 112 valence electrons. The van der Waals surface area contributed by atoms with E-state index in [1.165, 1.54) is 16.6 Å². The first-order valence-corrected chi connectivity index (χ1v) is 6.76. The van der Waals surface area contributed by atoms with Gasteiger partial charge in [0.2, 0.25) is 0 Å². The summed E-state index contributed by atoms with van der Waals surface area (Å²) in [4.78, 5) is 14.2. The average Bonchev–Trinajstić information content (AvgIpc) is 3.01. The molecule has 1 amide bonds. The first-order chi connectivity index (χ1) is 10.6. The molecule has 0 fully saturated rings. The molecule has 0 aliphatic rings. The molecule has 3 aromatic rings. The van der Waals surface area contributed by atoms with Crippen LogP contribution in [0.2, 0.25) is 0 Å². The van der Waals surface area contributed by atoms with Crippen LogP contribution in [0.15, 0.2) is 42.6 Å². The van der Waals surface area contributed by atoms with Gasteiger partial charge in [-0.1, -0.05) is 12.1 Å². The van der Waals surface area contributed by atoms with E-state index in [2.05, 4.69) is 15.5 Å². The maximum absolute atomic E-state index is 13.0. The van der Waals surface area contributed by atoms with E-state index in [4.69, 9.17) is 0 Å². The average molecular weight is 299 g/mol. The number of halogens is 1. The molecule has 0 saturated heterocycles. The lowest BCUT2D eigenvalue weighted by Gasteiger charge is -2.25. The van der Waals surface area contributed by atoms with Gasteiger partial charge in [-0.3, -0.25) is 4.79 Å². The normalized spacial score (nSPS) is 12.3. The van der Waals surface area contributed by atoms with Crippen molar-refractivity contribution in [3.8, 4) is 0 Å². The minimum Gasteiger partial charge on any atom is -0.335 e. The van der Waals surface area contributed by atoms with Gasteiger partial charge in [0, 0.05) is 18.8 Å². The van der Waals surface area contributed by atoms with E-state index >= 15 is 0 Å². The number of aromatic nitrogens is 4. The standard InChI is InChI=1S/C15H14FN5O/c1-10(11-3-5-13(16)6-4-11)20(2)15(22)12-7-8-21-14(9-12)17-18-19-21/h3-10H,1-2H3. The Balaban J connectivity index is 1.85. The Bertz CT molecular complexity index is 814. The number of hydrogen-bond donors (Lipinski definition) is 0. The maximum atomic E-state index is 13.0. The van der Waals surface area contributed by atoms with Crippen molar-refractivity contribution in [2.75, 3.05) is 7.05 Å².